The van der Waals surface area contributed by atoms with E-state index in [1.54, 1.807) is 18.7 Å². The predicted octanol–water partition coefficient (Wildman–Crippen LogP) is 5.86. The molecule has 0 aliphatic carbocycles. The zero-order valence-corrected chi connectivity index (χ0v) is 13.6. The number of halogens is 2. The fourth-order valence-electron chi connectivity index (χ4n) is 2.16. The molecule has 2 aromatic rings. The Bertz CT molecular complexity index is 730. The van der Waals surface area contributed by atoms with Crippen molar-refractivity contribution < 1.29 is 8.78 Å². The lowest BCUT2D eigenvalue weighted by Crippen LogP contribution is -2.02. The third-order valence-electron chi connectivity index (χ3n) is 3.28. The minimum absolute atomic E-state index is 0.0934. The molecule has 114 valence electrons. The molecule has 0 aliphatic heterocycles. The van der Waals surface area contributed by atoms with Gasteiger partial charge >= 0.3 is 0 Å². The highest BCUT2D eigenvalue weighted by Crippen LogP contribution is 2.30. The summed E-state index contributed by atoms with van der Waals surface area (Å²) in [6.45, 7) is 7.44. The van der Waals surface area contributed by atoms with Crippen LogP contribution >= 0.6 is 11.8 Å². The molecule has 0 N–H and O–H groups in total. The van der Waals surface area contributed by atoms with E-state index in [1.807, 2.05) is 31.4 Å². The van der Waals surface area contributed by atoms with Crippen LogP contribution in [0.4, 0.5) is 14.5 Å². The van der Waals surface area contributed by atoms with Crippen LogP contribution in [-0.2, 0) is 0 Å². The minimum Gasteiger partial charge on any atom is -0.252 e. The van der Waals surface area contributed by atoms with E-state index in [1.165, 1.54) is 18.2 Å². The van der Waals surface area contributed by atoms with Gasteiger partial charge in [-0.25, -0.2) is 8.78 Å². The zero-order chi connectivity index (χ0) is 16.3. The Morgan fingerprint density at radius 3 is 2.27 bits per heavy atom. The molecule has 0 unspecified atom stereocenters. The van der Waals surface area contributed by atoms with Gasteiger partial charge in [0.25, 0.3) is 0 Å². The van der Waals surface area contributed by atoms with E-state index >= 15 is 0 Å². The van der Waals surface area contributed by atoms with Gasteiger partial charge in [-0.15, -0.1) is 11.8 Å². The van der Waals surface area contributed by atoms with Crippen LogP contribution < -0.4 is 0 Å². The maximum absolute atomic E-state index is 13.8. The number of hydrogen-bond acceptors (Lipinski definition) is 2. The van der Waals surface area contributed by atoms with Crippen molar-refractivity contribution >= 4 is 28.7 Å². The SMILES string of the molecule is C=C(C)c1cc(SC)ccc1N=C(C)c1c(F)cccc1F. The molecule has 0 atom stereocenters. The first-order valence-corrected chi connectivity index (χ1v) is 8.00. The fraction of sp³-hybridized carbons (Fsp3) is 0.167. The van der Waals surface area contributed by atoms with E-state index in [0.29, 0.717) is 11.4 Å². The van der Waals surface area contributed by atoms with Gasteiger partial charge in [0, 0.05) is 10.5 Å². The van der Waals surface area contributed by atoms with E-state index in [9.17, 15) is 8.78 Å². The van der Waals surface area contributed by atoms with Gasteiger partial charge in [-0.1, -0.05) is 12.6 Å². The van der Waals surface area contributed by atoms with Crippen LogP contribution in [0.15, 0.2) is 52.9 Å². The van der Waals surface area contributed by atoms with Crippen molar-refractivity contribution in [2.24, 2.45) is 4.99 Å². The zero-order valence-electron chi connectivity index (χ0n) is 12.8. The second-order valence-electron chi connectivity index (χ2n) is 4.96. The molecule has 0 fully saturated rings. The third kappa shape index (κ3) is 3.45. The summed E-state index contributed by atoms with van der Waals surface area (Å²) in [5.74, 6) is -1.22. The third-order valence-corrected chi connectivity index (χ3v) is 4.00. The van der Waals surface area contributed by atoms with Gasteiger partial charge in [0.1, 0.15) is 11.6 Å². The summed E-state index contributed by atoms with van der Waals surface area (Å²) in [5, 5.41) is 0. The molecule has 0 aliphatic rings. The van der Waals surface area contributed by atoms with E-state index in [2.05, 4.69) is 11.6 Å². The Labute approximate surface area is 133 Å². The number of nitrogens with zero attached hydrogens (tertiary/aromatic N) is 1. The topological polar surface area (TPSA) is 12.4 Å². The number of thioether (sulfide) groups is 1. The highest BCUT2D eigenvalue weighted by atomic mass is 32.2. The van der Waals surface area contributed by atoms with Crippen molar-refractivity contribution in [2.75, 3.05) is 6.26 Å². The second-order valence-corrected chi connectivity index (χ2v) is 5.84. The number of benzene rings is 2. The first-order valence-electron chi connectivity index (χ1n) is 6.77. The van der Waals surface area contributed by atoms with Gasteiger partial charge in [-0.2, -0.15) is 0 Å². The fourth-order valence-corrected chi connectivity index (χ4v) is 2.60. The first kappa shape index (κ1) is 16.4. The molecule has 4 heteroatoms. The molecule has 1 nitrogen and oxygen atoms in total. The van der Waals surface area contributed by atoms with Crippen LogP contribution in [0, 0.1) is 11.6 Å². The van der Waals surface area contributed by atoms with Gasteiger partial charge in [-0.05, 0) is 56.0 Å². The lowest BCUT2D eigenvalue weighted by molar-refractivity contribution is 0.579. The Kier molecular flexibility index (Phi) is 5.14. The Hall–Kier alpha value is -1.94. The lowest BCUT2D eigenvalue weighted by atomic mass is 10.1. The average molecular weight is 317 g/mol. The quantitative estimate of drug-likeness (QED) is 0.508. The molecule has 2 aromatic carbocycles. The minimum atomic E-state index is -0.612. The summed E-state index contributed by atoms with van der Waals surface area (Å²) in [5.41, 5.74) is 2.60. The molecular formula is C18H17F2NS. The maximum Gasteiger partial charge on any atom is 0.135 e. The monoisotopic (exact) mass is 317 g/mol. The molecule has 0 bridgehead atoms. The molecule has 0 aromatic heterocycles. The Morgan fingerprint density at radius 1 is 1.09 bits per heavy atom. The summed E-state index contributed by atoms with van der Waals surface area (Å²) < 4.78 is 27.7. The molecule has 22 heavy (non-hydrogen) atoms. The summed E-state index contributed by atoms with van der Waals surface area (Å²) >= 11 is 1.62. The van der Waals surface area contributed by atoms with Crippen LogP contribution in [0.3, 0.4) is 0 Å². The van der Waals surface area contributed by atoms with Gasteiger partial charge in [-0.3, -0.25) is 4.99 Å². The largest absolute Gasteiger partial charge is 0.252 e. The van der Waals surface area contributed by atoms with Gasteiger partial charge in [0.15, 0.2) is 0 Å². The van der Waals surface area contributed by atoms with Crippen molar-refractivity contribution in [1.29, 1.82) is 0 Å². The van der Waals surface area contributed by atoms with Crippen molar-refractivity contribution in [3.8, 4) is 0 Å². The summed E-state index contributed by atoms with van der Waals surface area (Å²) in [4.78, 5) is 5.50. The van der Waals surface area contributed by atoms with Crippen molar-refractivity contribution in [3.63, 3.8) is 0 Å². The van der Waals surface area contributed by atoms with Crippen LogP contribution in [0.2, 0.25) is 0 Å². The standard InChI is InChI=1S/C18H17F2NS/c1-11(2)14-10-13(22-4)8-9-17(14)21-12(3)18-15(19)6-5-7-16(18)20/h5-10H,1H2,2-4H3. The molecule has 0 saturated carbocycles. The van der Waals surface area contributed by atoms with E-state index in [-0.39, 0.29) is 5.56 Å². The Morgan fingerprint density at radius 2 is 1.73 bits per heavy atom. The van der Waals surface area contributed by atoms with E-state index < -0.39 is 11.6 Å². The highest BCUT2D eigenvalue weighted by Gasteiger charge is 2.12. The molecule has 0 amide bonds. The second kappa shape index (κ2) is 6.88. The molecule has 0 heterocycles. The lowest BCUT2D eigenvalue weighted by Gasteiger charge is -2.10. The molecule has 2 rings (SSSR count). The normalized spacial score (nSPS) is 11.6. The molecule has 0 spiro atoms. The predicted molar refractivity (Wildman–Crippen MR) is 91.2 cm³/mol. The number of allylic oxidation sites excluding steroid dienone is 1. The van der Waals surface area contributed by atoms with Crippen molar-refractivity contribution in [3.05, 3.63) is 65.7 Å². The average Bonchev–Trinajstić information content (AvgIpc) is 2.47. The van der Waals surface area contributed by atoms with Crippen LogP contribution in [-0.4, -0.2) is 12.0 Å². The summed E-state index contributed by atoms with van der Waals surface area (Å²) in [6.07, 6.45) is 1.99. The molecular weight excluding hydrogens is 300 g/mol. The van der Waals surface area contributed by atoms with Crippen LogP contribution in [0.25, 0.3) is 5.57 Å². The van der Waals surface area contributed by atoms with Crippen LogP contribution in [0.5, 0.6) is 0 Å². The highest BCUT2D eigenvalue weighted by molar-refractivity contribution is 7.98. The van der Waals surface area contributed by atoms with E-state index in [0.717, 1.165) is 16.0 Å². The van der Waals surface area contributed by atoms with Gasteiger partial charge < -0.3 is 0 Å². The first-order chi connectivity index (χ1) is 10.4. The molecule has 0 radical (unpaired) electrons. The van der Waals surface area contributed by atoms with Crippen molar-refractivity contribution in [2.45, 2.75) is 18.7 Å². The van der Waals surface area contributed by atoms with Gasteiger partial charge in [0.05, 0.1) is 17.0 Å². The maximum atomic E-state index is 13.8. The number of rotatable bonds is 4. The van der Waals surface area contributed by atoms with E-state index in [4.69, 9.17) is 0 Å². The Balaban J connectivity index is 2.55. The molecule has 0 saturated heterocycles. The van der Waals surface area contributed by atoms with Crippen LogP contribution in [0.1, 0.15) is 25.0 Å². The number of aliphatic imine (C=N–C) groups is 1. The number of hydrogen-bond donors (Lipinski definition) is 0. The van der Waals surface area contributed by atoms with Crippen molar-refractivity contribution in [1.82, 2.24) is 0 Å². The van der Waals surface area contributed by atoms with Gasteiger partial charge in [0.2, 0.25) is 0 Å². The summed E-state index contributed by atoms with van der Waals surface area (Å²) in [6, 6.07) is 9.56. The smallest absolute Gasteiger partial charge is 0.135 e. The summed E-state index contributed by atoms with van der Waals surface area (Å²) in [7, 11) is 0.